The summed E-state index contributed by atoms with van der Waals surface area (Å²) in [7, 11) is 0. The molecular formula is C30H60O3. The number of ether oxygens (including phenoxy) is 2. The second-order valence-electron chi connectivity index (χ2n) is 10.2. The maximum atomic E-state index is 8.99. The van der Waals surface area contributed by atoms with Gasteiger partial charge in [-0.1, -0.05) is 106 Å². The molecule has 2 unspecified atom stereocenters. The number of hydrogen-bond acceptors (Lipinski definition) is 3. The molecule has 0 aromatic rings. The van der Waals surface area contributed by atoms with Crippen molar-refractivity contribution >= 4 is 0 Å². The third-order valence-electron chi connectivity index (χ3n) is 5.30. The van der Waals surface area contributed by atoms with Crippen LogP contribution in [0.15, 0.2) is 36.0 Å². The van der Waals surface area contributed by atoms with Gasteiger partial charge in [-0.05, 0) is 38.0 Å². The molecule has 0 bridgehead atoms. The smallest absolute Gasteiger partial charge is 0.169 e. The van der Waals surface area contributed by atoms with Crippen LogP contribution in [-0.4, -0.2) is 30.7 Å². The van der Waals surface area contributed by atoms with Crippen LogP contribution in [0.4, 0.5) is 0 Å². The summed E-state index contributed by atoms with van der Waals surface area (Å²) >= 11 is 0. The van der Waals surface area contributed by atoms with Crippen LogP contribution in [0.25, 0.3) is 0 Å². The lowest BCUT2D eigenvalue weighted by atomic mass is 9.61. The van der Waals surface area contributed by atoms with Crippen molar-refractivity contribution in [2.75, 3.05) is 19.8 Å². The summed E-state index contributed by atoms with van der Waals surface area (Å²) < 4.78 is 12.5. The molecule has 2 atom stereocenters. The van der Waals surface area contributed by atoms with Gasteiger partial charge in [0.25, 0.3) is 0 Å². The molecule has 1 saturated heterocycles. The Labute approximate surface area is 208 Å². The fourth-order valence-electron chi connectivity index (χ4n) is 4.15. The first-order valence-corrected chi connectivity index (χ1v) is 13.2. The van der Waals surface area contributed by atoms with Gasteiger partial charge in [0.05, 0.1) is 19.8 Å². The minimum atomic E-state index is -0.404. The summed E-state index contributed by atoms with van der Waals surface area (Å²) in [5.41, 5.74) is 2.51. The molecule has 3 heteroatoms. The molecule has 0 radical (unpaired) electrons. The standard InChI is InChI=1S/C20H34O3.C4H8.3C2H6/c1-15(9-10-21)7-8-17-16(2)11-20(12-19(17,5)6)22-13-18(3,4)14-23-20;1-4(2)3;3*1-2/h7-9,16-17,21H,10-14H2,1-6H3;1H2,2-3H3;3*1-2H3/b8-7+,15-9-;;;;. The molecule has 1 spiro atoms. The van der Waals surface area contributed by atoms with Crippen molar-refractivity contribution < 1.29 is 14.6 Å². The highest BCUT2D eigenvalue weighted by molar-refractivity contribution is 5.18. The van der Waals surface area contributed by atoms with E-state index in [1.807, 2.05) is 68.4 Å². The summed E-state index contributed by atoms with van der Waals surface area (Å²) in [5.74, 6) is 0.578. The normalized spacial score (nSPS) is 24.5. The van der Waals surface area contributed by atoms with Crippen LogP contribution < -0.4 is 0 Å². The fraction of sp³-hybridized carbons (Fsp3) is 0.800. The maximum Gasteiger partial charge on any atom is 0.169 e. The van der Waals surface area contributed by atoms with E-state index in [9.17, 15) is 0 Å². The van der Waals surface area contributed by atoms with E-state index < -0.39 is 5.79 Å². The van der Waals surface area contributed by atoms with Gasteiger partial charge >= 0.3 is 0 Å². The van der Waals surface area contributed by atoms with Crippen molar-refractivity contribution in [3.63, 3.8) is 0 Å². The van der Waals surface area contributed by atoms with Gasteiger partial charge in [0.1, 0.15) is 0 Å². The average Bonchev–Trinajstić information content (AvgIpc) is 2.74. The second-order valence-corrected chi connectivity index (χ2v) is 10.2. The Morgan fingerprint density at radius 1 is 0.939 bits per heavy atom. The highest BCUT2D eigenvalue weighted by atomic mass is 16.7. The largest absolute Gasteiger partial charge is 0.392 e. The Morgan fingerprint density at radius 2 is 1.36 bits per heavy atom. The molecule has 1 heterocycles. The van der Waals surface area contributed by atoms with E-state index in [-0.39, 0.29) is 17.4 Å². The van der Waals surface area contributed by atoms with E-state index in [2.05, 4.69) is 53.3 Å². The van der Waals surface area contributed by atoms with Crippen molar-refractivity contribution in [1.29, 1.82) is 0 Å². The molecule has 0 aromatic heterocycles. The van der Waals surface area contributed by atoms with Gasteiger partial charge in [0, 0.05) is 18.3 Å². The van der Waals surface area contributed by atoms with E-state index in [1.165, 1.54) is 5.57 Å². The zero-order chi connectivity index (χ0) is 26.9. The molecule has 198 valence electrons. The molecular weight excluding hydrogens is 408 g/mol. The molecule has 1 saturated carbocycles. The Balaban J connectivity index is -0.000000780. The van der Waals surface area contributed by atoms with Gasteiger partial charge in [0.15, 0.2) is 5.79 Å². The lowest BCUT2D eigenvalue weighted by Crippen LogP contribution is -2.55. The highest BCUT2D eigenvalue weighted by Crippen LogP contribution is 2.52. The minimum Gasteiger partial charge on any atom is -0.392 e. The van der Waals surface area contributed by atoms with Crippen LogP contribution in [0.5, 0.6) is 0 Å². The van der Waals surface area contributed by atoms with E-state index in [0.717, 1.165) is 31.6 Å². The van der Waals surface area contributed by atoms with Crippen molar-refractivity contribution in [1.82, 2.24) is 0 Å². The first-order chi connectivity index (χ1) is 15.3. The topological polar surface area (TPSA) is 38.7 Å². The number of aliphatic hydroxyl groups is 1. The number of aliphatic hydroxyl groups excluding tert-OH is 1. The van der Waals surface area contributed by atoms with E-state index in [0.29, 0.717) is 11.8 Å². The van der Waals surface area contributed by atoms with Crippen molar-refractivity contribution in [2.24, 2.45) is 22.7 Å². The van der Waals surface area contributed by atoms with Crippen LogP contribution >= 0.6 is 0 Å². The molecule has 2 aliphatic rings. The Hall–Kier alpha value is -0.900. The first-order valence-electron chi connectivity index (χ1n) is 13.2. The lowest BCUT2D eigenvalue weighted by Gasteiger charge is -2.54. The van der Waals surface area contributed by atoms with Gasteiger partial charge in [-0.3, -0.25) is 0 Å². The van der Waals surface area contributed by atoms with Gasteiger partial charge < -0.3 is 14.6 Å². The molecule has 33 heavy (non-hydrogen) atoms. The Kier molecular flexibility index (Phi) is 20.5. The molecule has 1 aliphatic carbocycles. The number of allylic oxidation sites excluding steroid dienone is 4. The van der Waals surface area contributed by atoms with Gasteiger partial charge in [0.2, 0.25) is 0 Å². The molecule has 0 aromatic carbocycles. The summed E-state index contributed by atoms with van der Waals surface area (Å²) in [4.78, 5) is 0. The minimum absolute atomic E-state index is 0.0976. The van der Waals surface area contributed by atoms with Crippen LogP contribution in [-0.2, 0) is 9.47 Å². The molecule has 2 rings (SSSR count). The molecule has 3 nitrogen and oxygen atoms in total. The van der Waals surface area contributed by atoms with Crippen molar-refractivity contribution in [2.45, 2.75) is 116 Å². The van der Waals surface area contributed by atoms with Crippen LogP contribution in [0.3, 0.4) is 0 Å². The SMILES string of the molecule is C=C(C)C.CC.CC.CC.CC(=C/CO)/C=C/C1C(C)CC2(CC1(C)C)OCC(C)(C)CO2. The van der Waals surface area contributed by atoms with E-state index >= 15 is 0 Å². The summed E-state index contributed by atoms with van der Waals surface area (Å²) in [6.07, 6.45) is 8.17. The lowest BCUT2D eigenvalue weighted by molar-refractivity contribution is -0.329. The third-order valence-corrected chi connectivity index (χ3v) is 5.30. The predicted octanol–water partition coefficient (Wildman–Crippen LogP) is 8.98. The van der Waals surface area contributed by atoms with E-state index in [4.69, 9.17) is 14.6 Å². The van der Waals surface area contributed by atoms with Crippen LogP contribution in [0, 0.1) is 22.7 Å². The molecule has 1 N–H and O–H groups in total. The average molecular weight is 469 g/mol. The maximum absolute atomic E-state index is 8.99. The first kappa shape index (κ1) is 36.7. The van der Waals surface area contributed by atoms with Crippen molar-refractivity contribution in [3.05, 3.63) is 36.0 Å². The Bertz CT molecular complexity index is 541. The van der Waals surface area contributed by atoms with E-state index in [1.54, 1.807) is 0 Å². The second kappa shape index (κ2) is 18.4. The Morgan fingerprint density at radius 3 is 1.73 bits per heavy atom. The molecule has 1 aliphatic heterocycles. The van der Waals surface area contributed by atoms with Gasteiger partial charge in [-0.15, -0.1) is 6.58 Å². The van der Waals surface area contributed by atoms with Crippen molar-refractivity contribution in [3.8, 4) is 0 Å². The summed E-state index contributed by atoms with van der Waals surface area (Å²) in [6.45, 7) is 34.5. The zero-order valence-electron chi connectivity index (χ0n) is 24.9. The monoisotopic (exact) mass is 468 g/mol. The highest BCUT2D eigenvalue weighted by Gasteiger charge is 2.51. The third kappa shape index (κ3) is 14.9. The summed E-state index contributed by atoms with van der Waals surface area (Å²) in [5, 5.41) is 8.99. The zero-order valence-corrected chi connectivity index (χ0v) is 24.9. The number of hydrogen-bond donors (Lipinski definition) is 1. The van der Waals surface area contributed by atoms with Gasteiger partial charge in [-0.25, -0.2) is 0 Å². The quantitative estimate of drug-likeness (QED) is 0.332. The number of rotatable bonds is 3. The predicted molar refractivity (Wildman–Crippen MR) is 149 cm³/mol. The molecule has 0 amide bonds. The van der Waals surface area contributed by atoms with Gasteiger partial charge in [-0.2, -0.15) is 0 Å². The van der Waals surface area contributed by atoms with Crippen LogP contribution in [0.2, 0.25) is 0 Å². The van der Waals surface area contributed by atoms with Crippen LogP contribution in [0.1, 0.15) is 110 Å². The molecule has 2 fully saturated rings. The fourth-order valence-corrected chi connectivity index (χ4v) is 4.15. The summed E-state index contributed by atoms with van der Waals surface area (Å²) in [6, 6.07) is 0.